The first-order chi connectivity index (χ1) is 19.1. The smallest absolute Gasteiger partial charge is 0.307 e. The fourth-order valence-electron chi connectivity index (χ4n) is 4.95. The first-order valence-electron chi connectivity index (χ1n) is 12.9. The molecule has 0 unspecified atom stereocenters. The predicted octanol–water partition coefficient (Wildman–Crippen LogP) is 2.77. The highest BCUT2D eigenvalue weighted by Crippen LogP contribution is 2.30. The molecule has 1 aliphatic rings. The van der Waals surface area contributed by atoms with Crippen LogP contribution in [-0.4, -0.2) is 68.4 Å². The number of ether oxygens (including phenoxy) is 1. The number of nitriles is 1. The van der Waals surface area contributed by atoms with Crippen LogP contribution >= 0.6 is 11.3 Å². The van der Waals surface area contributed by atoms with Crippen molar-refractivity contribution in [2.75, 3.05) is 13.7 Å². The van der Waals surface area contributed by atoms with Crippen molar-refractivity contribution in [3.8, 4) is 16.5 Å². The van der Waals surface area contributed by atoms with Gasteiger partial charge in [-0.15, -0.1) is 11.3 Å². The number of nitrogens with zero attached hydrogens (tertiary/aromatic N) is 5. The Morgan fingerprint density at radius 3 is 2.55 bits per heavy atom. The molecule has 0 saturated carbocycles. The number of aliphatic hydroxyl groups excluding tert-OH is 1. The van der Waals surface area contributed by atoms with Crippen LogP contribution in [0.2, 0.25) is 0 Å². The summed E-state index contributed by atoms with van der Waals surface area (Å²) < 4.78 is 6.30. The Morgan fingerprint density at radius 1 is 1.25 bits per heavy atom. The first-order valence-corrected chi connectivity index (χ1v) is 13.8. The van der Waals surface area contributed by atoms with E-state index < -0.39 is 36.1 Å². The lowest BCUT2D eigenvalue weighted by Gasteiger charge is -2.31. The molecule has 11 nitrogen and oxygen atoms in total. The van der Waals surface area contributed by atoms with Gasteiger partial charge in [0.05, 0.1) is 41.8 Å². The number of thiazole rings is 1. The zero-order valence-electron chi connectivity index (χ0n) is 22.8. The molecule has 0 radical (unpaired) electrons. The van der Waals surface area contributed by atoms with Crippen LogP contribution in [0.1, 0.15) is 55.7 Å². The predicted molar refractivity (Wildman–Crippen MR) is 147 cm³/mol. The van der Waals surface area contributed by atoms with Crippen molar-refractivity contribution in [3.05, 3.63) is 59.0 Å². The SMILES string of the molecule is COC(=O)C[C@H](NC(=O)[C@@H]1C[C@@H](O)CN1C(=O)[C@H](C(C)C)n1ccc(C#N)n1)c1ccc(-c2scnc2C)cc1. The maximum Gasteiger partial charge on any atom is 0.307 e. The summed E-state index contributed by atoms with van der Waals surface area (Å²) in [4.78, 5) is 46.3. The highest BCUT2D eigenvalue weighted by Gasteiger charge is 2.43. The van der Waals surface area contributed by atoms with Gasteiger partial charge in [-0.3, -0.25) is 19.1 Å². The largest absolute Gasteiger partial charge is 0.469 e. The van der Waals surface area contributed by atoms with Crippen molar-refractivity contribution in [1.82, 2.24) is 25.0 Å². The molecule has 1 fully saturated rings. The van der Waals surface area contributed by atoms with E-state index in [4.69, 9.17) is 10.00 Å². The van der Waals surface area contributed by atoms with Gasteiger partial charge in [0.1, 0.15) is 18.2 Å². The molecule has 1 saturated heterocycles. The number of rotatable bonds is 9. The molecule has 2 aromatic heterocycles. The summed E-state index contributed by atoms with van der Waals surface area (Å²) in [7, 11) is 1.28. The third kappa shape index (κ3) is 6.21. The molecule has 0 aliphatic carbocycles. The van der Waals surface area contributed by atoms with Crippen LogP contribution in [0.25, 0.3) is 10.4 Å². The number of hydrogen-bond acceptors (Lipinski definition) is 9. The second-order valence-corrected chi connectivity index (χ2v) is 11.0. The average Bonchev–Trinajstić information content (AvgIpc) is 3.68. The van der Waals surface area contributed by atoms with Gasteiger partial charge in [-0.05, 0) is 30.0 Å². The minimum Gasteiger partial charge on any atom is -0.469 e. The van der Waals surface area contributed by atoms with Crippen LogP contribution in [-0.2, 0) is 19.1 Å². The second-order valence-electron chi connectivity index (χ2n) is 10.1. The normalized spacial score (nSPS) is 18.3. The molecule has 3 aromatic rings. The maximum absolute atomic E-state index is 13.7. The van der Waals surface area contributed by atoms with Gasteiger partial charge in [-0.1, -0.05) is 38.1 Å². The fourth-order valence-corrected chi connectivity index (χ4v) is 5.76. The van der Waals surface area contributed by atoms with E-state index in [0.717, 1.165) is 16.1 Å². The Bertz CT molecular complexity index is 1410. The molecule has 1 aromatic carbocycles. The third-order valence-electron chi connectivity index (χ3n) is 6.99. The van der Waals surface area contributed by atoms with Gasteiger partial charge in [0.25, 0.3) is 0 Å². The van der Waals surface area contributed by atoms with E-state index in [1.807, 2.05) is 51.1 Å². The Hall–Kier alpha value is -4.08. The lowest BCUT2D eigenvalue weighted by atomic mass is 10.00. The van der Waals surface area contributed by atoms with Crippen molar-refractivity contribution in [2.24, 2.45) is 5.92 Å². The molecule has 0 bridgehead atoms. The molecule has 3 heterocycles. The van der Waals surface area contributed by atoms with E-state index in [1.165, 1.54) is 34.1 Å². The molecule has 0 spiro atoms. The fraction of sp³-hybridized carbons (Fsp3) is 0.429. The van der Waals surface area contributed by atoms with E-state index in [-0.39, 0.29) is 36.9 Å². The van der Waals surface area contributed by atoms with E-state index in [0.29, 0.717) is 5.56 Å². The van der Waals surface area contributed by atoms with Gasteiger partial charge in [0.15, 0.2) is 5.69 Å². The number of amides is 2. The number of aliphatic hydroxyl groups is 1. The van der Waals surface area contributed by atoms with Gasteiger partial charge in [0, 0.05) is 19.2 Å². The molecule has 40 heavy (non-hydrogen) atoms. The van der Waals surface area contributed by atoms with Crippen LogP contribution in [0, 0.1) is 24.2 Å². The minimum absolute atomic E-state index is 0.0168. The first kappa shape index (κ1) is 28.9. The van der Waals surface area contributed by atoms with Gasteiger partial charge in [0.2, 0.25) is 11.8 Å². The topological polar surface area (TPSA) is 150 Å². The van der Waals surface area contributed by atoms with E-state index in [1.54, 1.807) is 11.7 Å². The molecule has 2 amide bonds. The second kappa shape index (κ2) is 12.4. The van der Waals surface area contributed by atoms with Crippen molar-refractivity contribution in [1.29, 1.82) is 5.26 Å². The van der Waals surface area contributed by atoms with E-state index in [9.17, 15) is 19.5 Å². The molecular weight excluding hydrogens is 532 g/mol. The van der Waals surface area contributed by atoms with Gasteiger partial charge in [-0.2, -0.15) is 10.4 Å². The number of esters is 1. The number of carbonyl (C=O) groups excluding carboxylic acids is 3. The Labute approximate surface area is 236 Å². The van der Waals surface area contributed by atoms with Gasteiger partial charge >= 0.3 is 5.97 Å². The standard InChI is InChI=1S/C28H32N6O5S/c1-16(2)25(34-10-9-20(13-29)32-34)28(38)33-14-21(35)11-23(33)27(37)31-22(12-24(36)39-4)18-5-7-19(8-6-18)26-17(3)30-15-40-26/h5-10,15-16,21-23,25,35H,11-12,14H2,1-4H3,(H,31,37)/t21-,22+,23+,25+/m1/s1. The zero-order chi connectivity index (χ0) is 29.0. The monoisotopic (exact) mass is 564 g/mol. The van der Waals surface area contributed by atoms with Crippen LogP contribution in [0.4, 0.5) is 0 Å². The molecule has 210 valence electrons. The Kier molecular flexibility index (Phi) is 8.96. The summed E-state index contributed by atoms with van der Waals surface area (Å²) in [6.45, 7) is 5.61. The number of β-amino-alcohol motifs (C(OH)–C–C–N with tert-alkyl or cyclic N) is 1. The number of aryl methyl sites for hydroxylation is 1. The van der Waals surface area contributed by atoms with E-state index >= 15 is 0 Å². The van der Waals surface area contributed by atoms with Crippen molar-refractivity contribution >= 4 is 29.1 Å². The molecule has 1 aliphatic heterocycles. The van der Waals surface area contributed by atoms with Crippen LogP contribution in [0.15, 0.2) is 42.0 Å². The van der Waals surface area contributed by atoms with Crippen LogP contribution in [0.3, 0.4) is 0 Å². The molecule has 4 rings (SSSR count). The third-order valence-corrected chi connectivity index (χ3v) is 7.97. The quantitative estimate of drug-likeness (QED) is 0.377. The van der Waals surface area contributed by atoms with Crippen molar-refractivity contribution in [2.45, 2.75) is 57.8 Å². The van der Waals surface area contributed by atoms with Gasteiger partial charge in [-0.25, -0.2) is 4.98 Å². The summed E-state index contributed by atoms with van der Waals surface area (Å²) >= 11 is 1.53. The Morgan fingerprint density at radius 2 is 1.98 bits per heavy atom. The number of likely N-dealkylation sites (tertiary alicyclic amines) is 1. The highest BCUT2D eigenvalue weighted by molar-refractivity contribution is 7.13. The highest BCUT2D eigenvalue weighted by atomic mass is 32.1. The lowest BCUT2D eigenvalue weighted by molar-refractivity contribution is -0.144. The Balaban J connectivity index is 1.57. The number of carbonyl (C=O) groups is 3. The number of methoxy groups -OCH3 is 1. The summed E-state index contributed by atoms with van der Waals surface area (Å²) in [6.07, 6.45) is 0.621. The summed E-state index contributed by atoms with van der Waals surface area (Å²) in [5.74, 6) is -1.57. The number of benzene rings is 1. The molecule has 2 N–H and O–H groups in total. The molecular formula is C28H32N6O5S. The minimum atomic E-state index is -0.950. The van der Waals surface area contributed by atoms with Crippen LogP contribution in [0.5, 0.6) is 0 Å². The molecule has 4 atom stereocenters. The van der Waals surface area contributed by atoms with Crippen molar-refractivity contribution < 1.29 is 24.2 Å². The van der Waals surface area contributed by atoms with Gasteiger partial charge < -0.3 is 20.1 Å². The maximum atomic E-state index is 13.7. The molecule has 12 heteroatoms. The lowest BCUT2D eigenvalue weighted by Crippen LogP contribution is -2.49. The van der Waals surface area contributed by atoms with Crippen molar-refractivity contribution in [3.63, 3.8) is 0 Å². The number of aromatic nitrogens is 3. The number of nitrogens with one attached hydrogen (secondary N) is 1. The summed E-state index contributed by atoms with van der Waals surface area (Å²) in [5.41, 5.74) is 4.54. The summed E-state index contributed by atoms with van der Waals surface area (Å²) in [6, 6.07) is 8.55. The number of hydrogen-bond donors (Lipinski definition) is 2. The summed E-state index contributed by atoms with van der Waals surface area (Å²) in [5, 5.41) is 26.7. The average molecular weight is 565 g/mol. The van der Waals surface area contributed by atoms with Crippen LogP contribution < -0.4 is 5.32 Å². The zero-order valence-corrected chi connectivity index (χ0v) is 23.6. The van der Waals surface area contributed by atoms with E-state index in [2.05, 4.69) is 15.4 Å².